The van der Waals surface area contributed by atoms with Crippen LogP contribution in [0.25, 0.3) is 0 Å². The Bertz CT molecular complexity index is 531. The van der Waals surface area contributed by atoms with Gasteiger partial charge in [-0.05, 0) is 24.6 Å². The first kappa shape index (κ1) is 16.6. The minimum atomic E-state index is -0.309. The molecule has 0 aromatic heterocycles. The van der Waals surface area contributed by atoms with Gasteiger partial charge >= 0.3 is 12.1 Å². The van der Waals surface area contributed by atoms with E-state index in [1.54, 1.807) is 16.7 Å². The average molecular weight is 370 g/mol. The lowest BCUT2D eigenvalue weighted by molar-refractivity contribution is 0.0851. The maximum atomic E-state index is 12.1. The summed E-state index contributed by atoms with van der Waals surface area (Å²) in [5.41, 5.74) is 1.04. The molecule has 1 fully saturated rings. The molecule has 2 rings (SSSR count). The zero-order chi connectivity index (χ0) is 15.9. The Hall–Kier alpha value is -1.76. The van der Waals surface area contributed by atoms with E-state index >= 15 is 0 Å². The van der Waals surface area contributed by atoms with E-state index in [1.807, 2.05) is 24.3 Å². The largest absolute Gasteiger partial charge is 0.450 e. The second-order valence-corrected chi connectivity index (χ2v) is 5.88. The van der Waals surface area contributed by atoms with Gasteiger partial charge in [-0.25, -0.2) is 9.59 Å². The number of rotatable bonds is 3. The molecular formula is C15H20BrN3O3. The van der Waals surface area contributed by atoms with E-state index in [-0.39, 0.29) is 12.1 Å². The molecule has 1 aliphatic heterocycles. The van der Waals surface area contributed by atoms with Crippen LogP contribution in [-0.2, 0) is 11.3 Å². The van der Waals surface area contributed by atoms with Crippen molar-refractivity contribution < 1.29 is 14.3 Å². The maximum absolute atomic E-state index is 12.1. The highest BCUT2D eigenvalue weighted by atomic mass is 79.9. The number of hydrogen-bond acceptors (Lipinski definition) is 3. The number of amides is 3. The smallest absolute Gasteiger partial charge is 0.409 e. The van der Waals surface area contributed by atoms with Crippen LogP contribution in [-0.4, -0.2) is 54.7 Å². The van der Waals surface area contributed by atoms with Gasteiger partial charge in [0, 0.05) is 37.2 Å². The first-order valence-electron chi connectivity index (χ1n) is 7.29. The number of carbonyl (C=O) groups excluding carboxylic acids is 2. The highest BCUT2D eigenvalue weighted by Gasteiger charge is 2.24. The summed E-state index contributed by atoms with van der Waals surface area (Å²) in [5.74, 6) is 0. The summed E-state index contributed by atoms with van der Waals surface area (Å²) < 4.78 is 5.95. The molecule has 1 aromatic carbocycles. The highest BCUT2D eigenvalue weighted by molar-refractivity contribution is 9.10. The molecule has 120 valence electrons. The van der Waals surface area contributed by atoms with E-state index in [0.717, 1.165) is 10.0 Å². The Morgan fingerprint density at radius 1 is 1.23 bits per heavy atom. The fourth-order valence-electron chi connectivity index (χ4n) is 2.24. The van der Waals surface area contributed by atoms with Gasteiger partial charge in [0.25, 0.3) is 0 Å². The molecule has 0 saturated carbocycles. The van der Waals surface area contributed by atoms with Gasteiger partial charge in [-0.2, -0.15) is 0 Å². The topological polar surface area (TPSA) is 61.9 Å². The summed E-state index contributed by atoms with van der Waals surface area (Å²) in [4.78, 5) is 27.1. The van der Waals surface area contributed by atoms with Gasteiger partial charge in [0.1, 0.15) is 0 Å². The van der Waals surface area contributed by atoms with Crippen molar-refractivity contribution in [2.24, 2.45) is 0 Å². The molecule has 3 amide bonds. The summed E-state index contributed by atoms with van der Waals surface area (Å²) in [6, 6.07) is 7.70. The van der Waals surface area contributed by atoms with Crippen LogP contribution in [0.15, 0.2) is 28.7 Å². The third-order valence-corrected chi connectivity index (χ3v) is 3.92. The third-order valence-electron chi connectivity index (χ3n) is 3.43. The van der Waals surface area contributed by atoms with Crippen molar-refractivity contribution in [1.29, 1.82) is 0 Å². The van der Waals surface area contributed by atoms with Crippen molar-refractivity contribution in [2.45, 2.75) is 13.5 Å². The second-order valence-electron chi connectivity index (χ2n) is 4.96. The average Bonchev–Trinajstić information content (AvgIpc) is 2.53. The van der Waals surface area contributed by atoms with Gasteiger partial charge < -0.3 is 19.9 Å². The van der Waals surface area contributed by atoms with E-state index in [1.165, 1.54) is 0 Å². The third kappa shape index (κ3) is 4.62. The van der Waals surface area contributed by atoms with E-state index in [2.05, 4.69) is 21.2 Å². The lowest BCUT2D eigenvalue weighted by Gasteiger charge is -2.34. The molecule has 0 unspecified atom stereocenters. The van der Waals surface area contributed by atoms with Gasteiger partial charge in [-0.3, -0.25) is 0 Å². The number of hydrogen-bond donors (Lipinski definition) is 1. The number of halogens is 1. The molecule has 7 heteroatoms. The number of carbonyl (C=O) groups is 2. The molecule has 1 aromatic rings. The van der Waals surface area contributed by atoms with Gasteiger partial charge in [0.05, 0.1) is 6.61 Å². The SMILES string of the molecule is CCOC(=O)N1CCN(C(=O)NCc2cccc(Br)c2)CC1. The van der Waals surface area contributed by atoms with E-state index in [0.29, 0.717) is 39.3 Å². The highest BCUT2D eigenvalue weighted by Crippen LogP contribution is 2.11. The van der Waals surface area contributed by atoms with Crippen molar-refractivity contribution in [3.8, 4) is 0 Å². The Morgan fingerprint density at radius 2 is 1.91 bits per heavy atom. The monoisotopic (exact) mass is 369 g/mol. The Kier molecular flexibility index (Phi) is 6.06. The predicted octanol–water partition coefficient (Wildman–Crippen LogP) is 2.43. The van der Waals surface area contributed by atoms with Crippen molar-refractivity contribution in [3.63, 3.8) is 0 Å². The van der Waals surface area contributed by atoms with E-state index in [4.69, 9.17) is 4.74 Å². The van der Waals surface area contributed by atoms with Gasteiger partial charge in [-0.1, -0.05) is 28.1 Å². The fraction of sp³-hybridized carbons (Fsp3) is 0.467. The quantitative estimate of drug-likeness (QED) is 0.889. The minimum Gasteiger partial charge on any atom is -0.450 e. The van der Waals surface area contributed by atoms with Crippen LogP contribution >= 0.6 is 15.9 Å². The summed E-state index contributed by atoms with van der Waals surface area (Å²) in [6.45, 7) is 4.67. The van der Waals surface area contributed by atoms with Crippen LogP contribution in [0.4, 0.5) is 9.59 Å². The maximum Gasteiger partial charge on any atom is 0.409 e. The van der Waals surface area contributed by atoms with Crippen molar-refractivity contribution in [1.82, 2.24) is 15.1 Å². The zero-order valence-electron chi connectivity index (χ0n) is 12.5. The number of benzene rings is 1. The molecule has 1 saturated heterocycles. The standard InChI is InChI=1S/C15H20BrN3O3/c1-2-22-15(21)19-8-6-18(7-9-19)14(20)17-11-12-4-3-5-13(16)10-12/h3-5,10H,2,6-9,11H2,1H3,(H,17,20). The van der Waals surface area contributed by atoms with Crippen LogP contribution in [0.5, 0.6) is 0 Å². The normalized spacial score (nSPS) is 14.6. The number of piperazine rings is 1. The van der Waals surface area contributed by atoms with Crippen LogP contribution in [0.3, 0.4) is 0 Å². The molecule has 1 heterocycles. The molecule has 0 bridgehead atoms. The second kappa shape index (κ2) is 8.03. The summed E-state index contributed by atoms with van der Waals surface area (Å²) in [5, 5.41) is 2.90. The van der Waals surface area contributed by atoms with Gasteiger partial charge in [0.2, 0.25) is 0 Å². The lowest BCUT2D eigenvalue weighted by atomic mass is 10.2. The minimum absolute atomic E-state index is 0.108. The van der Waals surface area contributed by atoms with Crippen molar-refractivity contribution >= 4 is 28.1 Å². The summed E-state index contributed by atoms with van der Waals surface area (Å²) >= 11 is 3.41. The first-order chi connectivity index (χ1) is 10.6. The number of nitrogens with zero attached hydrogens (tertiary/aromatic N) is 2. The number of ether oxygens (including phenoxy) is 1. The first-order valence-corrected chi connectivity index (χ1v) is 8.08. The Balaban J connectivity index is 1.76. The Morgan fingerprint density at radius 3 is 2.55 bits per heavy atom. The molecule has 1 N–H and O–H groups in total. The van der Waals surface area contributed by atoms with Crippen LogP contribution in [0.2, 0.25) is 0 Å². The fourth-order valence-corrected chi connectivity index (χ4v) is 2.69. The molecular weight excluding hydrogens is 350 g/mol. The van der Waals surface area contributed by atoms with E-state index in [9.17, 15) is 9.59 Å². The molecule has 6 nitrogen and oxygen atoms in total. The van der Waals surface area contributed by atoms with Crippen LogP contribution in [0.1, 0.15) is 12.5 Å². The molecule has 0 spiro atoms. The van der Waals surface area contributed by atoms with Crippen LogP contribution in [0, 0.1) is 0 Å². The predicted molar refractivity (Wildman–Crippen MR) is 86.5 cm³/mol. The summed E-state index contributed by atoms with van der Waals surface area (Å²) in [7, 11) is 0. The number of urea groups is 1. The molecule has 22 heavy (non-hydrogen) atoms. The van der Waals surface area contributed by atoms with Crippen molar-refractivity contribution in [3.05, 3.63) is 34.3 Å². The molecule has 0 radical (unpaired) electrons. The van der Waals surface area contributed by atoms with Crippen molar-refractivity contribution in [2.75, 3.05) is 32.8 Å². The van der Waals surface area contributed by atoms with Gasteiger partial charge in [-0.15, -0.1) is 0 Å². The Labute approximate surface area is 138 Å². The molecule has 0 atom stereocenters. The molecule has 0 aliphatic carbocycles. The number of nitrogens with one attached hydrogen (secondary N) is 1. The van der Waals surface area contributed by atoms with E-state index < -0.39 is 0 Å². The zero-order valence-corrected chi connectivity index (χ0v) is 14.1. The van der Waals surface area contributed by atoms with Gasteiger partial charge in [0.15, 0.2) is 0 Å². The molecule has 1 aliphatic rings. The lowest BCUT2D eigenvalue weighted by Crippen LogP contribution is -2.53. The van der Waals surface area contributed by atoms with Crippen LogP contribution < -0.4 is 5.32 Å². The summed E-state index contributed by atoms with van der Waals surface area (Å²) in [6.07, 6.45) is -0.309.